The number of carbonyl (C=O) groups is 1. The fourth-order valence-corrected chi connectivity index (χ4v) is 3.44. The van der Waals surface area contributed by atoms with Crippen LogP contribution in [-0.2, 0) is 4.79 Å². The fraction of sp³-hybridized carbons (Fsp3) is 0.0909. The normalized spacial score (nSPS) is 12.3. The van der Waals surface area contributed by atoms with E-state index in [0.717, 1.165) is 10.8 Å². The van der Waals surface area contributed by atoms with E-state index in [2.05, 4.69) is 0 Å². The summed E-state index contributed by atoms with van der Waals surface area (Å²) in [6, 6.07) is 19.8. The highest BCUT2D eigenvalue weighted by Crippen LogP contribution is 2.36. The van der Waals surface area contributed by atoms with Crippen LogP contribution in [0.2, 0.25) is 0 Å². The number of para-hydroxylation sites is 1. The zero-order valence-corrected chi connectivity index (χ0v) is 14.3. The van der Waals surface area contributed by atoms with Gasteiger partial charge in [0.15, 0.2) is 0 Å². The smallest absolute Gasteiger partial charge is 0.343 e. The summed E-state index contributed by atoms with van der Waals surface area (Å²) in [5, 5.41) is 22.4. The van der Waals surface area contributed by atoms with E-state index in [1.807, 2.05) is 36.4 Å². The number of carboxylic acid groups (broad SMARTS) is 1. The van der Waals surface area contributed by atoms with E-state index in [1.165, 1.54) is 0 Å². The second-order valence-electron chi connectivity index (χ2n) is 6.40. The summed E-state index contributed by atoms with van der Waals surface area (Å²) in [4.78, 5) is 24.1. The van der Waals surface area contributed by atoms with Crippen molar-refractivity contribution in [2.75, 3.05) is 0 Å². The van der Waals surface area contributed by atoms with Crippen molar-refractivity contribution >= 4 is 27.7 Å². The van der Waals surface area contributed by atoms with Crippen molar-refractivity contribution < 1.29 is 19.4 Å². The largest absolute Gasteiger partial charge is 0.507 e. The third kappa shape index (κ3) is 3.04. The molecule has 4 aromatic rings. The summed E-state index contributed by atoms with van der Waals surface area (Å²) in [5.74, 6) is -2.13. The Hall–Kier alpha value is -3.60. The molecule has 0 aliphatic rings. The highest BCUT2D eigenvalue weighted by atomic mass is 16.4. The molecule has 1 heterocycles. The molecule has 0 saturated heterocycles. The molecule has 1 atom stereocenters. The van der Waals surface area contributed by atoms with Crippen molar-refractivity contribution in [1.82, 2.24) is 0 Å². The van der Waals surface area contributed by atoms with Gasteiger partial charge < -0.3 is 14.6 Å². The second-order valence-corrected chi connectivity index (χ2v) is 6.40. The summed E-state index contributed by atoms with van der Waals surface area (Å²) in [6.07, 6.45) is -0.338. The first kappa shape index (κ1) is 16.8. The average Bonchev–Trinajstić information content (AvgIpc) is 2.66. The lowest BCUT2D eigenvalue weighted by molar-refractivity contribution is -0.137. The van der Waals surface area contributed by atoms with Crippen molar-refractivity contribution in [1.29, 1.82) is 0 Å². The third-order valence-electron chi connectivity index (χ3n) is 4.72. The van der Waals surface area contributed by atoms with Gasteiger partial charge in [-0.05, 0) is 28.5 Å². The molecule has 4 rings (SSSR count). The quantitative estimate of drug-likeness (QED) is 0.531. The molecule has 0 amide bonds. The molecule has 0 fully saturated rings. The van der Waals surface area contributed by atoms with E-state index in [0.29, 0.717) is 10.9 Å². The van der Waals surface area contributed by atoms with Crippen molar-refractivity contribution in [3.63, 3.8) is 0 Å². The zero-order valence-electron chi connectivity index (χ0n) is 14.3. The fourth-order valence-electron chi connectivity index (χ4n) is 3.44. The Kier molecular flexibility index (Phi) is 4.12. The SMILES string of the molecule is O=C(O)CC(c1ccc2ccccc2c1)c1c(O)c2ccccc2oc1=O. The summed E-state index contributed by atoms with van der Waals surface area (Å²) >= 11 is 0. The van der Waals surface area contributed by atoms with E-state index in [4.69, 9.17) is 4.42 Å². The van der Waals surface area contributed by atoms with Crippen LogP contribution in [0.15, 0.2) is 75.9 Å². The maximum atomic E-state index is 12.6. The molecule has 134 valence electrons. The van der Waals surface area contributed by atoms with Gasteiger partial charge >= 0.3 is 11.6 Å². The lowest BCUT2D eigenvalue weighted by Crippen LogP contribution is -2.17. The first-order valence-electron chi connectivity index (χ1n) is 8.50. The number of hydrogen-bond donors (Lipinski definition) is 2. The average molecular weight is 360 g/mol. The molecule has 5 heteroatoms. The van der Waals surface area contributed by atoms with E-state index >= 15 is 0 Å². The van der Waals surface area contributed by atoms with Crippen LogP contribution >= 0.6 is 0 Å². The summed E-state index contributed by atoms with van der Waals surface area (Å²) in [6.45, 7) is 0. The molecule has 0 aliphatic carbocycles. The van der Waals surface area contributed by atoms with Gasteiger partial charge in [-0.3, -0.25) is 4.79 Å². The number of hydrogen-bond acceptors (Lipinski definition) is 4. The minimum atomic E-state index is -1.07. The van der Waals surface area contributed by atoms with Crippen molar-refractivity contribution in [2.45, 2.75) is 12.3 Å². The van der Waals surface area contributed by atoms with Gasteiger partial charge in [-0.25, -0.2) is 4.79 Å². The van der Waals surface area contributed by atoms with Gasteiger partial charge in [-0.2, -0.15) is 0 Å². The standard InChI is InChI=1S/C22H16O5/c23-19(24)12-17(15-10-9-13-5-1-2-6-14(13)11-15)20-21(25)16-7-3-4-8-18(16)27-22(20)26/h1-11,17,25H,12H2,(H,23,24). The van der Waals surface area contributed by atoms with Crippen LogP contribution in [0.5, 0.6) is 5.75 Å². The Bertz CT molecular complexity index is 1220. The molecule has 0 spiro atoms. The lowest BCUT2D eigenvalue weighted by atomic mass is 9.87. The molecule has 2 N–H and O–H groups in total. The molecule has 1 aromatic heterocycles. The summed E-state index contributed by atoms with van der Waals surface area (Å²) in [5.41, 5.74) is 0.127. The molecular formula is C22H16O5. The van der Waals surface area contributed by atoms with Crippen LogP contribution in [-0.4, -0.2) is 16.2 Å². The van der Waals surface area contributed by atoms with Crippen molar-refractivity contribution in [3.05, 3.63) is 88.3 Å². The van der Waals surface area contributed by atoms with Crippen LogP contribution in [0, 0.1) is 0 Å². The molecule has 3 aromatic carbocycles. The molecule has 0 saturated carbocycles. The Morgan fingerprint density at radius 3 is 2.44 bits per heavy atom. The molecule has 0 bridgehead atoms. The Morgan fingerprint density at radius 1 is 0.963 bits per heavy atom. The van der Waals surface area contributed by atoms with Crippen molar-refractivity contribution in [3.8, 4) is 5.75 Å². The number of aliphatic carboxylic acids is 1. The predicted molar refractivity (Wildman–Crippen MR) is 102 cm³/mol. The van der Waals surface area contributed by atoms with Crippen LogP contribution in [0.4, 0.5) is 0 Å². The Morgan fingerprint density at radius 2 is 1.67 bits per heavy atom. The molecule has 0 radical (unpaired) electrons. The van der Waals surface area contributed by atoms with Gasteiger partial charge in [-0.1, -0.05) is 54.6 Å². The van der Waals surface area contributed by atoms with Gasteiger partial charge in [0.05, 0.1) is 17.4 Å². The van der Waals surface area contributed by atoms with E-state index in [1.54, 1.807) is 30.3 Å². The minimum absolute atomic E-state index is 0.0358. The number of benzene rings is 3. The number of rotatable bonds is 4. The number of carboxylic acids is 1. The Balaban J connectivity index is 1.96. The van der Waals surface area contributed by atoms with Crippen LogP contribution in [0.1, 0.15) is 23.5 Å². The van der Waals surface area contributed by atoms with Crippen LogP contribution < -0.4 is 5.63 Å². The number of fused-ring (bicyclic) bond motifs is 2. The first-order valence-corrected chi connectivity index (χ1v) is 8.50. The Labute approximate surface area is 154 Å². The second kappa shape index (κ2) is 6.61. The predicted octanol–water partition coefficient (Wildman–Crippen LogP) is 4.26. The first-order chi connectivity index (χ1) is 13.0. The zero-order chi connectivity index (χ0) is 19.0. The van der Waals surface area contributed by atoms with E-state index < -0.39 is 17.5 Å². The molecule has 1 unspecified atom stereocenters. The van der Waals surface area contributed by atoms with Crippen LogP contribution in [0.25, 0.3) is 21.7 Å². The van der Waals surface area contributed by atoms with Crippen molar-refractivity contribution in [2.24, 2.45) is 0 Å². The minimum Gasteiger partial charge on any atom is -0.507 e. The third-order valence-corrected chi connectivity index (χ3v) is 4.72. The monoisotopic (exact) mass is 360 g/mol. The van der Waals surface area contributed by atoms with E-state index in [9.17, 15) is 19.8 Å². The number of aromatic hydroxyl groups is 1. The molecule has 5 nitrogen and oxygen atoms in total. The van der Waals surface area contributed by atoms with Crippen LogP contribution in [0.3, 0.4) is 0 Å². The molecular weight excluding hydrogens is 344 g/mol. The lowest BCUT2D eigenvalue weighted by Gasteiger charge is -2.17. The van der Waals surface area contributed by atoms with Gasteiger partial charge in [0.2, 0.25) is 0 Å². The molecule has 0 aliphatic heterocycles. The molecule has 27 heavy (non-hydrogen) atoms. The van der Waals surface area contributed by atoms with Gasteiger partial charge in [0.1, 0.15) is 11.3 Å². The highest BCUT2D eigenvalue weighted by molar-refractivity contribution is 5.86. The summed E-state index contributed by atoms with van der Waals surface area (Å²) in [7, 11) is 0. The highest BCUT2D eigenvalue weighted by Gasteiger charge is 2.27. The van der Waals surface area contributed by atoms with Gasteiger partial charge in [-0.15, -0.1) is 0 Å². The van der Waals surface area contributed by atoms with Gasteiger partial charge in [0.25, 0.3) is 0 Å². The topological polar surface area (TPSA) is 87.7 Å². The maximum absolute atomic E-state index is 12.6. The maximum Gasteiger partial charge on any atom is 0.343 e. The van der Waals surface area contributed by atoms with E-state index in [-0.39, 0.29) is 23.3 Å². The summed E-state index contributed by atoms with van der Waals surface area (Å²) < 4.78 is 5.34. The van der Waals surface area contributed by atoms with Gasteiger partial charge in [0, 0.05) is 5.92 Å².